The molecule has 98 valence electrons. The van der Waals surface area contributed by atoms with Crippen LogP contribution in [0.5, 0.6) is 0 Å². The molecule has 0 aliphatic carbocycles. The zero-order valence-corrected chi connectivity index (χ0v) is 11.9. The number of hydrogen-bond donors (Lipinski definition) is 1. The van der Waals surface area contributed by atoms with Crippen molar-refractivity contribution in [3.8, 4) is 0 Å². The van der Waals surface area contributed by atoms with Gasteiger partial charge in [0.1, 0.15) is 10.8 Å². The minimum absolute atomic E-state index is 0.193. The van der Waals surface area contributed by atoms with Crippen molar-refractivity contribution < 1.29 is 4.39 Å². The highest BCUT2D eigenvalue weighted by atomic mass is 32.2. The second-order valence-electron chi connectivity index (χ2n) is 4.18. The van der Waals surface area contributed by atoms with Gasteiger partial charge in [-0.1, -0.05) is 48.6 Å². The Morgan fingerprint density at radius 2 is 1.42 bits per heavy atom. The van der Waals surface area contributed by atoms with Gasteiger partial charge in [-0.25, -0.2) is 4.39 Å². The van der Waals surface area contributed by atoms with Crippen LogP contribution in [-0.4, -0.2) is 4.99 Å². The first-order valence-electron chi connectivity index (χ1n) is 5.86. The van der Waals surface area contributed by atoms with Gasteiger partial charge in [-0.05, 0) is 23.3 Å². The summed E-state index contributed by atoms with van der Waals surface area (Å²) in [6, 6.07) is 14.6. The zero-order chi connectivity index (χ0) is 13.7. The van der Waals surface area contributed by atoms with Crippen LogP contribution in [0, 0.1) is 5.82 Å². The second-order valence-corrected chi connectivity index (χ2v) is 5.61. The highest BCUT2D eigenvalue weighted by molar-refractivity contribution is 7.97. The first kappa shape index (κ1) is 14.0. The molecule has 0 aliphatic heterocycles. The number of nitrogens with two attached hydrogens (primary N) is 1. The number of benzene rings is 2. The summed E-state index contributed by atoms with van der Waals surface area (Å²) in [5.74, 6) is 1.59. The maximum Gasteiger partial charge on any atom is 0.123 e. The normalized spacial score (nSPS) is 10.4. The van der Waals surface area contributed by atoms with Crippen LogP contribution in [0.15, 0.2) is 48.5 Å². The smallest absolute Gasteiger partial charge is 0.123 e. The Balaban J connectivity index is 1.85. The van der Waals surface area contributed by atoms with E-state index in [0.717, 1.165) is 22.6 Å². The van der Waals surface area contributed by atoms with Crippen LogP contribution in [0.25, 0.3) is 0 Å². The van der Waals surface area contributed by atoms with Crippen LogP contribution in [0.1, 0.15) is 16.7 Å². The molecule has 2 rings (SSSR count). The van der Waals surface area contributed by atoms with E-state index in [9.17, 15) is 4.39 Å². The number of hydrogen-bond acceptors (Lipinski definition) is 2. The van der Waals surface area contributed by atoms with Crippen LogP contribution < -0.4 is 5.73 Å². The molecule has 19 heavy (non-hydrogen) atoms. The summed E-state index contributed by atoms with van der Waals surface area (Å²) in [4.78, 5) is 0.422. The molecule has 0 heterocycles. The summed E-state index contributed by atoms with van der Waals surface area (Å²) >= 11 is 6.70. The molecule has 0 saturated heterocycles. The Hall–Kier alpha value is -1.39. The Labute approximate surface area is 122 Å². The van der Waals surface area contributed by atoms with Gasteiger partial charge in [-0.15, -0.1) is 0 Å². The lowest BCUT2D eigenvalue weighted by molar-refractivity contribution is 0.627. The molecule has 0 spiro atoms. The fraction of sp³-hybridized carbons (Fsp3) is 0.133. The molecule has 0 radical (unpaired) electrons. The maximum atomic E-state index is 12.7. The summed E-state index contributed by atoms with van der Waals surface area (Å²) in [6.45, 7) is 0. The molecule has 0 unspecified atom stereocenters. The second kappa shape index (κ2) is 6.68. The van der Waals surface area contributed by atoms with E-state index >= 15 is 0 Å². The monoisotopic (exact) mass is 291 g/mol. The van der Waals surface area contributed by atoms with E-state index in [4.69, 9.17) is 18.0 Å². The van der Waals surface area contributed by atoms with Crippen molar-refractivity contribution in [2.75, 3.05) is 0 Å². The lowest BCUT2D eigenvalue weighted by Gasteiger charge is -2.04. The van der Waals surface area contributed by atoms with E-state index in [1.54, 1.807) is 11.8 Å². The summed E-state index contributed by atoms with van der Waals surface area (Å²) in [6.07, 6.45) is 0. The van der Waals surface area contributed by atoms with Gasteiger partial charge in [0.2, 0.25) is 0 Å². The average molecular weight is 291 g/mol. The fourth-order valence-electron chi connectivity index (χ4n) is 1.63. The quantitative estimate of drug-likeness (QED) is 0.846. The van der Waals surface area contributed by atoms with Crippen LogP contribution >= 0.6 is 24.0 Å². The predicted molar refractivity (Wildman–Crippen MR) is 83.7 cm³/mol. The molecular formula is C15H14FNS2. The summed E-state index contributed by atoms with van der Waals surface area (Å²) in [7, 11) is 0. The van der Waals surface area contributed by atoms with Crippen molar-refractivity contribution in [1.82, 2.24) is 0 Å². The van der Waals surface area contributed by atoms with E-state index in [2.05, 4.69) is 0 Å². The molecule has 2 aromatic carbocycles. The van der Waals surface area contributed by atoms with Gasteiger partial charge >= 0.3 is 0 Å². The average Bonchev–Trinajstić information content (AvgIpc) is 2.41. The van der Waals surface area contributed by atoms with Gasteiger partial charge in [0, 0.05) is 17.1 Å². The molecule has 0 fully saturated rings. The molecule has 0 saturated carbocycles. The van der Waals surface area contributed by atoms with E-state index in [1.807, 2.05) is 36.4 Å². The molecule has 4 heteroatoms. The van der Waals surface area contributed by atoms with E-state index in [0.29, 0.717) is 4.99 Å². The standard InChI is InChI=1S/C15H14FNS2/c16-14-7-3-12(4-8-14)10-19-9-11-1-5-13(6-2-11)15(17)18/h1-8H,9-10H2,(H2,17,18). The Kier molecular flexibility index (Phi) is 4.93. The SMILES string of the molecule is NC(=S)c1ccc(CSCc2ccc(F)cc2)cc1. The van der Waals surface area contributed by atoms with Crippen molar-refractivity contribution in [3.63, 3.8) is 0 Å². The first-order chi connectivity index (χ1) is 9.15. The first-order valence-corrected chi connectivity index (χ1v) is 7.42. The molecule has 0 aliphatic rings. The van der Waals surface area contributed by atoms with Gasteiger partial charge in [0.25, 0.3) is 0 Å². The van der Waals surface area contributed by atoms with Gasteiger partial charge < -0.3 is 5.73 Å². The van der Waals surface area contributed by atoms with Gasteiger partial charge in [0.15, 0.2) is 0 Å². The molecule has 0 amide bonds. The predicted octanol–water partition coefficient (Wildman–Crippen LogP) is 3.89. The third-order valence-corrected chi connectivity index (χ3v) is 4.00. The van der Waals surface area contributed by atoms with Crippen LogP contribution in [-0.2, 0) is 11.5 Å². The van der Waals surface area contributed by atoms with E-state index in [1.165, 1.54) is 17.7 Å². The van der Waals surface area contributed by atoms with Crippen molar-refractivity contribution >= 4 is 29.0 Å². The molecule has 0 atom stereocenters. The topological polar surface area (TPSA) is 26.0 Å². The van der Waals surface area contributed by atoms with Crippen LogP contribution in [0.4, 0.5) is 4.39 Å². The third kappa shape index (κ3) is 4.33. The van der Waals surface area contributed by atoms with Gasteiger partial charge in [-0.2, -0.15) is 11.8 Å². The molecular weight excluding hydrogens is 277 g/mol. The zero-order valence-electron chi connectivity index (χ0n) is 10.3. The minimum Gasteiger partial charge on any atom is -0.389 e. The number of halogens is 1. The molecule has 2 aromatic rings. The fourth-order valence-corrected chi connectivity index (χ4v) is 2.73. The van der Waals surface area contributed by atoms with Crippen molar-refractivity contribution in [1.29, 1.82) is 0 Å². The third-order valence-electron chi connectivity index (χ3n) is 2.69. The molecule has 1 nitrogen and oxygen atoms in total. The molecule has 2 N–H and O–H groups in total. The minimum atomic E-state index is -0.193. The van der Waals surface area contributed by atoms with E-state index in [-0.39, 0.29) is 5.82 Å². The highest BCUT2D eigenvalue weighted by Crippen LogP contribution is 2.18. The van der Waals surface area contributed by atoms with Gasteiger partial charge in [0.05, 0.1) is 0 Å². The highest BCUT2D eigenvalue weighted by Gasteiger charge is 1.99. The Morgan fingerprint density at radius 3 is 1.89 bits per heavy atom. The lowest BCUT2D eigenvalue weighted by atomic mass is 10.1. The van der Waals surface area contributed by atoms with E-state index < -0.39 is 0 Å². The van der Waals surface area contributed by atoms with Crippen LogP contribution in [0.2, 0.25) is 0 Å². The Bertz CT molecular complexity index is 549. The van der Waals surface area contributed by atoms with Crippen molar-refractivity contribution in [2.24, 2.45) is 5.73 Å². The van der Waals surface area contributed by atoms with Crippen molar-refractivity contribution in [3.05, 3.63) is 71.0 Å². The number of rotatable bonds is 5. The molecule has 0 aromatic heterocycles. The summed E-state index contributed by atoms with van der Waals surface area (Å²) in [5.41, 5.74) is 8.80. The van der Waals surface area contributed by atoms with Crippen molar-refractivity contribution in [2.45, 2.75) is 11.5 Å². The number of thioether (sulfide) groups is 1. The summed E-state index contributed by atoms with van der Waals surface area (Å²) in [5, 5.41) is 0. The van der Waals surface area contributed by atoms with Crippen LogP contribution in [0.3, 0.4) is 0 Å². The Morgan fingerprint density at radius 1 is 0.947 bits per heavy atom. The largest absolute Gasteiger partial charge is 0.389 e. The maximum absolute atomic E-state index is 12.7. The number of thiocarbonyl (C=S) groups is 1. The summed E-state index contributed by atoms with van der Waals surface area (Å²) < 4.78 is 12.7. The molecule has 0 bridgehead atoms. The van der Waals surface area contributed by atoms with Gasteiger partial charge in [-0.3, -0.25) is 0 Å². The lowest BCUT2D eigenvalue weighted by Crippen LogP contribution is -2.08.